The second kappa shape index (κ2) is 4.52. The average molecular weight is 215 g/mol. The molecule has 0 aliphatic carbocycles. The number of rotatable bonds is 3. The maximum Gasteiger partial charge on any atom is 0.330 e. The summed E-state index contributed by atoms with van der Waals surface area (Å²) in [5.41, 5.74) is -1.02. The molecule has 0 radical (unpaired) electrons. The number of carbonyl (C=O) groups is 2. The molecular formula is C6H8Cl2O4. The SMILES string of the molecule is CC(C)(CC(=O)OCl)C(=O)OCl. The Morgan fingerprint density at radius 1 is 1.25 bits per heavy atom. The number of halogens is 2. The summed E-state index contributed by atoms with van der Waals surface area (Å²) in [6.45, 7) is 2.98. The van der Waals surface area contributed by atoms with Crippen LogP contribution in [0.5, 0.6) is 0 Å². The summed E-state index contributed by atoms with van der Waals surface area (Å²) in [6, 6.07) is 0. The molecule has 70 valence electrons. The van der Waals surface area contributed by atoms with Gasteiger partial charge < -0.3 is 8.58 Å². The highest BCUT2D eigenvalue weighted by Crippen LogP contribution is 2.23. The molecule has 0 fully saturated rings. The van der Waals surface area contributed by atoms with E-state index < -0.39 is 17.4 Å². The smallest absolute Gasteiger partial charge is 0.330 e. The summed E-state index contributed by atoms with van der Waals surface area (Å²) in [7, 11) is 0. The Balaban J connectivity index is 4.21. The lowest BCUT2D eigenvalue weighted by molar-refractivity contribution is -0.149. The summed E-state index contributed by atoms with van der Waals surface area (Å²) in [4.78, 5) is 21.5. The molecule has 4 nitrogen and oxygen atoms in total. The fourth-order valence-electron chi connectivity index (χ4n) is 0.565. The van der Waals surface area contributed by atoms with E-state index in [1.807, 2.05) is 0 Å². The van der Waals surface area contributed by atoms with Gasteiger partial charge in [0.2, 0.25) is 0 Å². The van der Waals surface area contributed by atoms with Crippen LogP contribution in [-0.2, 0) is 18.2 Å². The van der Waals surface area contributed by atoms with Crippen molar-refractivity contribution in [3.63, 3.8) is 0 Å². The van der Waals surface area contributed by atoms with Crippen LogP contribution in [0.2, 0.25) is 0 Å². The largest absolute Gasteiger partial charge is 0.348 e. The molecule has 0 atom stereocenters. The first-order valence-electron chi connectivity index (χ1n) is 3.08. The van der Waals surface area contributed by atoms with Gasteiger partial charge in [0.15, 0.2) is 0 Å². The Morgan fingerprint density at radius 3 is 2.08 bits per heavy atom. The molecule has 0 amide bonds. The van der Waals surface area contributed by atoms with E-state index in [0.717, 1.165) is 0 Å². The third-order valence-corrected chi connectivity index (χ3v) is 1.61. The first-order valence-corrected chi connectivity index (χ1v) is 3.70. The van der Waals surface area contributed by atoms with Crippen molar-refractivity contribution in [1.29, 1.82) is 0 Å². The first-order chi connectivity index (χ1) is 5.44. The van der Waals surface area contributed by atoms with E-state index in [1.54, 1.807) is 0 Å². The molecule has 0 aromatic carbocycles. The molecule has 0 N–H and O–H groups in total. The predicted molar refractivity (Wildman–Crippen MR) is 42.3 cm³/mol. The van der Waals surface area contributed by atoms with Crippen molar-refractivity contribution in [2.24, 2.45) is 5.41 Å². The van der Waals surface area contributed by atoms with Crippen LogP contribution in [-0.4, -0.2) is 11.9 Å². The van der Waals surface area contributed by atoms with Crippen molar-refractivity contribution >= 4 is 35.7 Å². The molecule has 6 heteroatoms. The molecule has 0 bridgehead atoms. The van der Waals surface area contributed by atoms with E-state index in [9.17, 15) is 9.59 Å². The first kappa shape index (κ1) is 11.5. The van der Waals surface area contributed by atoms with Crippen LogP contribution in [0.25, 0.3) is 0 Å². The standard InChI is InChI=1S/C6H8Cl2O4/c1-6(2,5(10)12-8)3-4(9)11-7/h3H2,1-2H3. The van der Waals surface area contributed by atoms with Gasteiger partial charge in [0.1, 0.15) is 23.7 Å². The Labute approximate surface area is 80.1 Å². The number of hydrogen-bond acceptors (Lipinski definition) is 4. The van der Waals surface area contributed by atoms with E-state index in [0.29, 0.717) is 0 Å². The van der Waals surface area contributed by atoms with Gasteiger partial charge in [0, 0.05) is 0 Å². The lowest BCUT2D eigenvalue weighted by atomic mass is 9.90. The van der Waals surface area contributed by atoms with E-state index in [2.05, 4.69) is 8.58 Å². The van der Waals surface area contributed by atoms with Crippen LogP contribution >= 0.6 is 23.7 Å². The summed E-state index contributed by atoms with van der Waals surface area (Å²) in [6.07, 6.45) is -0.179. The van der Waals surface area contributed by atoms with Crippen molar-refractivity contribution < 1.29 is 18.2 Å². The maximum atomic E-state index is 10.9. The molecule has 0 aliphatic rings. The van der Waals surface area contributed by atoms with Gasteiger partial charge in [-0.2, -0.15) is 0 Å². The second-order valence-electron chi connectivity index (χ2n) is 2.87. The molecule has 0 rings (SSSR count). The van der Waals surface area contributed by atoms with Gasteiger partial charge in [0.25, 0.3) is 0 Å². The zero-order valence-corrected chi connectivity index (χ0v) is 8.11. The molecule has 0 heterocycles. The van der Waals surface area contributed by atoms with Gasteiger partial charge in [-0.05, 0) is 13.8 Å². The molecule has 12 heavy (non-hydrogen) atoms. The van der Waals surface area contributed by atoms with Gasteiger partial charge in [-0.25, -0.2) is 4.79 Å². The lowest BCUT2D eigenvalue weighted by Gasteiger charge is -2.17. The number of hydrogen-bond donors (Lipinski definition) is 0. The number of carbonyl (C=O) groups excluding carboxylic acids is 2. The van der Waals surface area contributed by atoms with Crippen LogP contribution in [0.4, 0.5) is 0 Å². The Kier molecular flexibility index (Phi) is 4.34. The van der Waals surface area contributed by atoms with Crippen molar-refractivity contribution in [2.45, 2.75) is 20.3 Å². The van der Waals surface area contributed by atoms with Crippen molar-refractivity contribution in [1.82, 2.24) is 0 Å². The summed E-state index contributed by atoms with van der Waals surface area (Å²) >= 11 is 9.60. The zero-order chi connectivity index (χ0) is 9.78. The molecule has 0 saturated carbocycles. The van der Waals surface area contributed by atoms with E-state index >= 15 is 0 Å². The van der Waals surface area contributed by atoms with Crippen molar-refractivity contribution in [2.75, 3.05) is 0 Å². The van der Waals surface area contributed by atoms with Crippen LogP contribution in [0.1, 0.15) is 20.3 Å². The van der Waals surface area contributed by atoms with Gasteiger partial charge >= 0.3 is 11.9 Å². The lowest BCUT2D eigenvalue weighted by Crippen LogP contribution is -2.27. The third kappa shape index (κ3) is 3.28. The molecule has 0 aromatic rings. The molecule has 0 aliphatic heterocycles. The topological polar surface area (TPSA) is 52.6 Å². The van der Waals surface area contributed by atoms with E-state index in [-0.39, 0.29) is 6.42 Å². The highest BCUT2D eigenvalue weighted by atomic mass is 35.5. The Morgan fingerprint density at radius 2 is 1.75 bits per heavy atom. The monoisotopic (exact) mass is 214 g/mol. The summed E-state index contributed by atoms with van der Waals surface area (Å²) in [5.74, 6) is -1.41. The minimum Gasteiger partial charge on any atom is -0.348 e. The molecule has 0 aromatic heterocycles. The van der Waals surface area contributed by atoms with Crippen LogP contribution in [0.3, 0.4) is 0 Å². The normalized spacial score (nSPS) is 10.7. The maximum absolute atomic E-state index is 10.9. The Hall–Kier alpha value is -0.480. The molecule has 0 unspecified atom stereocenters. The van der Waals surface area contributed by atoms with Gasteiger partial charge in [-0.15, -0.1) is 0 Å². The fourth-order valence-corrected chi connectivity index (χ4v) is 0.828. The zero-order valence-electron chi connectivity index (χ0n) is 6.60. The molecular weight excluding hydrogens is 207 g/mol. The highest BCUT2D eigenvalue weighted by molar-refractivity contribution is 6.15. The van der Waals surface area contributed by atoms with Crippen molar-refractivity contribution in [3.8, 4) is 0 Å². The fraction of sp³-hybridized carbons (Fsp3) is 0.667. The summed E-state index contributed by atoms with van der Waals surface area (Å²) in [5, 5.41) is 0. The van der Waals surface area contributed by atoms with Crippen LogP contribution in [0.15, 0.2) is 0 Å². The quantitative estimate of drug-likeness (QED) is 0.720. The predicted octanol–water partition coefficient (Wildman–Crippen LogP) is 1.80. The van der Waals surface area contributed by atoms with Crippen LogP contribution < -0.4 is 0 Å². The Bertz CT molecular complexity index is 190. The second-order valence-corrected chi connectivity index (χ2v) is 3.18. The van der Waals surface area contributed by atoms with Crippen LogP contribution in [0, 0.1) is 5.41 Å². The minimum atomic E-state index is -1.02. The van der Waals surface area contributed by atoms with Gasteiger partial charge in [0.05, 0.1) is 11.8 Å². The summed E-state index contributed by atoms with van der Waals surface area (Å²) < 4.78 is 7.81. The average Bonchev–Trinajstić information content (AvgIpc) is 2.02. The third-order valence-electron chi connectivity index (χ3n) is 1.29. The van der Waals surface area contributed by atoms with E-state index in [1.165, 1.54) is 13.8 Å². The van der Waals surface area contributed by atoms with Gasteiger partial charge in [-0.3, -0.25) is 4.79 Å². The minimum absolute atomic E-state index is 0.179. The molecule has 0 spiro atoms. The van der Waals surface area contributed by atoms with Crippen molar-refractivity contribution in [3.05, 3.63) is 0 Å². The highest BCUT2D eigenvalue weighted by Gasteiger charge is 2.33. The molecule has 0 saturated heterocycles. The van der Waals surface area contributed by atoms with E-state index in [4.69, 9.17) is 23.7 Å². The van der Waals surface area contributed by atoms with Gasteiger partial charge in [-0.1, -0.05) is 0 Å².